The van der Waals surface area contributed by atoms with Gasteiger partial charge in [-0.2, -0.15) is 12.4 Å². The normalized spacial score (nSPS) is 7.27. The standard InChI is InChI=1S/2C3H3N2.Zr/c2*1-2-4-5-3-1;/h2*1-3H;/q2*-1;+2. The van der Waals surface area contributed by atoms with Gasteiger partial charge in [0.15, 0.2) is 0 Å². The van der Waals surface area contributed by atoms with E-state index in [4.69, 9.17) is 0 Å². The van der Waals surface area contributed by atoms with E-state index < -0.39 is 0 Å². The van der Waals surface area contributed by atoms with Crippen molar-refractivity contribution in [2.45, 2.75) is 0 Å². The first-order valence-electron chi connectivity index (χ1n) is 2.77. The first kappa shape index (κ1) is 10.3. The van der Waals surface area contributed by atoms with Crippen molar-refractivity contribution in [2.24, 2.45) is 0 Å². The molecule has 0 unspecified atom stereocenters. The zero-order valence-corrected chi connectivity index (χ0v) is 8.21. The van der Waals surface area contributed by atoms with Crippen LogP contribution in [0.1, 0.15) is 0 Å². The van der Waals surface area contributed by atoms with Crippen LogP contribution in [0.2, 0.25) is 0 Å². The fraction of sp³-hybridized carbons (Fsp3) is 0. The van der Waals surface area contributed by atoms with Crippen LogP contribution in [0, 0.1) is 0 Å². The Labute approximate surface area is 83.5 Å². The Balaban J connectivity index is 0.000000167. The number of aromatic nitrogens is 4. The van der Waals surface area contributed by atoms with Gasteiger partial charge in [0, 0.05) is 12.4 Å². The van der Waals surface area contributed by atoms with Crippen molar-refractivity contribution in [3.8, 4) is 0 Å². The molecule has 0 aromatic carbocycles. The third-order valence-electron chi connectivity index (χ3n) is 0.744. The maximum Gasteiger partial charge on any atom is 2.00 e. The molecule has 0 saturated heterocycles. The smallest absolute Gasteiger partial charge is 0.582 e. The van der Waals surface area contributed by atoms with Gasteiger partial charge in [-0.1, -0.05) is 12.1 Å². The molecule has 2 heterocycles. The quantitative estimate of drug-likeness (QED) is 0.637. The zero-order chi connectivity index (χ0) is 7.07. The van der Waals surface area contributed by atoms with Crippen molar-refractivity contribution < 1.29 is 26.2 Å². The Hall–Kier alpha value is -0.697. The van der Waals surface area contributed by atoms with Crippen LogP contribution in [0.25, 0.3) is 0 Å². The second kappa shape index (κ2) is 7.41. The molecule has 2 aromatic heterocycles. The summed E-state index contributed by atoms with van der Waals surface area (Å²) in [6, 6.07) is 3.56. The summed E-state index contributed by atoms with van der Waals surface area (Å²) in [7, 11) is 0. The molecule has 0 spiro atoms. The van der Waals surface area contributed by atoms with Crippen LogP contribution in [0.4, 0.5) is 0 Å². The van der Waals surface area contributed by atoms with Gasteiger partial charge in [0.2, 0.25) is 0 Å². The second-order valence-corrected chi connectivity index (χ2v) is 1.44. The van der Waals surface area contributed by atoms with Crippen molar-refractivity contribution in [3.05, 3.63) is 36.9 Å². The van der Waals surface area contributed by atoms with E-state index >= 15 is 0 Å². The minimum Gasteiger partial charge on any atom is -0.582 e. The number of nitrogens with zero attached hydrogens (tertiary/aromatic N) is 4. The van der Waals surface area contributed by atoms with E-state index in [0.717, 1.165) is 0 Å². The fourth-order valence-electron chi connectivity index (χ4n) is 0.385. The molecule has 0 saturated carbocycles. The molecule has 0 atom stereocenters. The summed E-state index contributed by atoms with van der Waals surface area (Å²) in [5.41, 5.74) is 0. The number of hydrogen-bond donors (Lipinski definition) is 0. The average Bonchev–Trinajstić information content (AvgIpc) is 2.67. The molecule has 0 bridgehead atoms. The Morgan fingerprint density at radius 3 is 1.36 bits per heavy atom. The molecule has 0 aliphatic carbocycles. The minimum absolute atomic E-state index is 0. The Kier molecular flexibility index (Phi) is 6.94. The third kappa shape index (κ3) is 5.73. The van der Waals surface area contributed by atoms with E-state index in [1.807, 2.05) is 0 Å². The van der Waals surface area contributed by atoms with Gasteiger partial charge >= 0.3 is 26.2 Å². The van der Waals surface area contributed by atoms with Gasteiger partial charge in [0.25, 0.3) is 0 Å². The van der Waals surface area contributed by atoms with Gasteiger partial charge in [-0.15, -0.1) is 0 Å². The Bertz CT molecular complexity index is 154. The van der Waals surface area contributed by atoms with Gasteiger partial charge in [-0.05, 0) is 0 Å². The van der Waals surface area contributed by atoms with E-state index in [-0.39, 0.29) is 26.2 Å². The molecule has 5 heteroatoms. The summed E-state index contributed by atoms with van der Waals surface area (Å²) >= 11 is 0. The van der Waals surface area contributed by atoms with Crippen molar-refractivity contribution in [2.75, 3.05) is 0 Å². The first-order valence-corrected chi connectivity index (χ1v) is 2.77. The van der Waals surface area contributed by atoms with Gasteiger partial charge in [0.1, 0.15) is 0 Å². The van der Waals surface area contributed by atoms with Gasteiger partial charge in [-0.25, -0.2) is 0 Å². The Morgan fingerprint density at radius 2 is 1.27 bits per heavy atom. The third-order valence-corrected chi connectivity index (χ3v) is 0.744. The van der Waals surface area contributed by atoms with Gasteiger partial charge in [-0.3, -0.25) is 0 Å². The maximum atomic E-state index is 3.47. The van der Waals surface area contributed by atoms with Gasteiger partial charge < -0.3 is 20.4 Å². The van der Waals surface area contributed by atoms with Crippen LogP contribution in [0.15, 0.2) is 36.9 Å². The number of rotatable bonds is 0. The topological polar surface area (TPSA) is 54.0 Å². The van der Waals surface area contributed by atoms with Crippen LogP contribution in [0.5, 0.6) is 0 Å². The SMILES string of the molecule is [Zr+2].c1cn[n-]c1.c1cn[n-]c1. The molecule has 0 amide bonds. The van der Waals surface area contributed by atoms with Crippen LogP contribution in [-0.4, -0.2) is 10.2 Å². The molecule has 0 aliphatic heterocycles. The molecule has 0 fully saturated rings. The molecule has 11 heavy (non-hydrogen) atoms. The van der Waals surface area contributed by atoms with Crippen molar-refractivity contribution in [3.63, 3.8) is 0 Å². The zero-order valence-electron chi connectivity index (χ0n) is 5.75. The van der Waals surface area contributed by atoms with Crippen molar-refractivity contribution in [1.29, 1.82) is 0 Å². The van der Waals surface area contributed by atoms with E-state index in [1.165, 1.54) is 0 Å². The minimum atomic E-state index is 0. The van der Waals surface area contributed by atoms with E-state index in [2.05, 4.69) is 20.4 Å². The monoisotopic (exact) mass is 224 g/mol. The molecule has 2 rings (SSSR count). The Morgan fingerprint density at radius 1 is 0.818 bits per heavy atom. The fourth-order valence-corrected chi connectivity index (χ4v) is 0.385. The average molecular weight is 225 g/mol. The predicted molar refractivity (Wildman–Crippen MR) is 35.1 cm³/mol. The van der Waals surface area contributed by atoms with Crippen LogP contribution in [0.3, 0.4) is 0 Å². The second-order valence-electron chi connectivity index (χ2n) is 1.44. The summed E-state index contributed by atoms with van der Waals surface area (Å²) in [5.74, 6) is 0. The molecule has 0 N–H and O–H groups in total. The van der Waals surface area contributed by atoms with E-state index in [1.54, 1.807) is 36.9 Å². The molecular formula is C6H6N4Zr. The molecule has 4 nitrogen and oxygen atoms in total. The van der Waals surface area contributed by atoms with Crippen LogP contribution in [-0.2, 0) is 26.2 Å². The van der Waals surface area contributed by atoms with Gasteiger partial charge in [0.05, 0.1) is 0 Å². The molecule has 2 aromatic rings. The van der Waals surface area contributed by atoms with E-state index in [9.17, 15) is 0 Å². The summed E-state index contributed by atoms with van der Waals surface area (Å²) < 4.78 is 0. The van der Waals surface area contributed by atoms with Crippen molar-refractivity contribution >= 4 is 0 Å². The first-order chi connectivity index (χ1) is 5.00. The largest absolute Gasteiger partial charge is 2.00 e. The van der Waals surface area contributed by atoms with Crippen molar-refractivity contribution in [1.82, 2.24) is 20.4 Å². The van der Waals surface area contributed by atoms with E-state index in [0.29, 0.717) is 0 Å². The molecule has 54 valence electrons. The summed E-state index contributed by atoms with van der Waals surface area (Å²) in [4.78, 5) is 0. The molecular weight excluding hydrogens is 219 g/mol. The molecule has 0 radical (unpaired) electrons. The van der Waals surface area contributed by atoms with Crippen LogP contribution < -0.4 is 10.2 Å². The number of hydrogen-bond acceptors (Lipinski definition) is 2. The predicted octanol–water partition coefficient (Wildman–Crippen LogP) is 0.0751. The maximum absolute atomic E-state index is 3.47. The summed E-state index contributed by atoms with van der Waals surface area (Å²) in [6.07, 6.45) is 6.56. The molecule has 0 aliphatic rings. The van der Waals surface area contributed by atoms with Crippen LogP contribution >= 0.6 is 0 Å². The summed E-state index contributed by atoms with van der Waals surface area (Å²) in [5, 5.41) is 13.9. The summed E-state index contributed by atoms with van der Waals surface area (Å²) in [6.45, 7) is 0.